The molecular formula is C25H30O4. The summed E-state index contributed by atoms with van der Waals surface area (Å²) in [6, 6.07) is 16.6. The van der Waals surface area contributed by atoms with Crippen LogP contribution in [0.15, 0.2) is 48.5 Å². The fourth-order valence-electron chi connectivity index (χ4n) is 3.60. The average Bonchev–Trinajstić information content (AvgIpc) is 2.79. The first kappa shape index (κ1) is 20.1. The van der Waals surface area contributed by atoms with Gasteiger partial charge >= 0.3 is 0 Å². The minimum absolute atomic E-state index is 0.0446. The summed E-state index contributed by atoms with van der Waals surface area (Å²) in [4.78, 5) is 0. The zero-order valence-electron chi connectivity index (χ0n) is 16.9. The lowest BCUT2D eigenvalue weighted by molar-refractivity contribution is -0.168. The number of hydrogen-bond donors (Lipinski definition) is 0. The molecule has 4 heteroatoms. The molecule has 0 aromatic heterocycles. The molecule has 2 heterocycles. The van der Waals surface area contributed by atoms with Crippen LogP contribution in [0.25, 0.3) is 12.2 Å². The van der Waals surface area contributed by atoms with Crippen LogP contribution >= 0.6 is 0 Å². The molecule has 29 heavy (non-hydrogen) atoms. The molecule has 0 aliphatic carbocycles. The van der Waals surface area contributed by atoms with E-state index in [0.29, 0.717) is 6.61 Å². The fourth-order valence-corrected chi connectivity index (χ4v) is 3.60. The molecular weight excluding hydrogens is 364 g/mol. The molecule has 0 bridgehead atoms. The van der Waals surface area contributed by atoms with Gasteiger partial charge in [0.2, 0.25) is 0 Å². The van der Waals surface area contributed by atoms with Crippen molar-refractivity contribution in [3.8, 4) is 5.75 Å². The third-order valence-electron chi connectivity index (χ3n) is 5.29. The maximum absolute atomic E-state index is 5.96. The van der Waals surface area contributed by atoms with Gasteiger partial charge in [-0.3, -0.25) is 0 Å². The van der Waals surface area contributed by atoms with Crippen molar-refractivity contribution in [3.05, 3.63) is 65.2 Å². The number of hydrogen-bond acceptors (Lipinski definition) is 4. The fraction of sp³-hybridized carbons (Fsp3) is 0.440. The van der Waals surface area contributed by atoms with Gasteiger partial charge in [0.1, 0.15) is 5.75 Å². The van der Waals surface area contributed by atoms with Crippen LogP contribution < -0.4 is 4.74 Å². The van der Waals surface area contributed by atoms with Crippen molar-refractivity contribution in [1.82, 2.24) is 0 Å². The third kappa shape index (κ3) is 6.43. The van der Waals surface area contributed by atoms with Gasteiger partial charge in [0.05, 0.1) is 13.2 Å². The summed E-state index contributed by atoms with van der Waals surface area (Å²) < 4.78 is 23.1. The van der Waals surface area contributed by atoms with E-state index in [4.69, 9.17) is 18.9 Å². The van der Waals surface area contributed by atoms with Crippen LogP contribution in [0, 0.1) is 0 Å². The van der Waals surface area contributed by atoms with Gasteiger partial charge in [-0.05, 0) is 60.9 Å². The highest BCUT2D eigenvalue weighted by Gasteiger charge is 2.15. The highest BCUT2D eigenvalue weighted by atomic mass is 16.7. The van der Waals surface area contributed by atoms with E-state index in [9.17, 15) is 0 Å². The van der Waals surface area contributed by atoms with Crippen molar-refractivity contribution in [2.75, 3.05) is 13.2 Å². The minimum Gasteiger partial charge on any atom is -0.465 e. The first-order chi connectivity index (χ1) is 14.3. The van der Waals surface area contributed by atoms with Gasteiger partial charge < -0.3 is 18.9 Å². The van der Waals surface area contributed by atoms with Crippen molar-refractivity contribution < 1.29 is 18.9 Å². The predicted octanol–water partition coefficient (Wildman–Crippen LogP) is 5.81. The van der Waals surface area contributed by atoms with Crippen LogP contribution in [0.5, 0.6) is 5.75 Å². The van der Waals surface area contributed by atoms with E-state index in [1.807, 2.05) is 12.1 Å². The molecule has 0 radical (unpaired) electrons. The van der Waals surface area contributed by atoms with Gasteiger partial charge in [0, 0.05) is 13.0 Å². The van der Waals surface area contributed by atoms with Crippen molar-refractivity contribution >= 4 is 12.2 Å². The maximum atomic E-state index is 5.96. The Hall–Kier alpha value is -2.14. The second kappa shape index (κ2) is 10.6. The standard InChI is InChI=1S/C25H30O4/c1-3-16-26-24(8-1)28-19-22-14-11-20(12-15-22)10-13-21-6-5-7-23(18-21)29-25-9-2-4-17-27-25/h5-7,10-15,18,24-25H,1-4,8-9,16-17,19H2/b13-10+. The molecule has 0 saturated carbocycles. The lowest BCUT2D eigenvalue weighted by atomic mass is 10.1. The third-order valence-corrected chi connectivity index (χ3v) is 5.29. The van der Waals surface area contributed by atoms with E-state index in [1.165, 1.54) is 18.4 Å². The molecule has 0 N–H and O–H groups in total. The molecule has 2 aromatic carbocycles. The first-order valence-corrected chi connectivity index (χ1v) is 10.7. The second-order valence-electron chi connectivity index (χ2n) is 7.67. The lowest BCUT2D eigenvalue weighted by Crippen LogP contribution is -2.24. The summed E-state index contributed by atoms with van der Waals surface area (Å²) in [6.45, 7) is 2.20. The second-order valence-corrected chi connectivity index (χ2v) is 7.67. The van der Waals surface area contributed by atoms with Crippen LogP contribution in [0.2, 0.25) is 0 Å². The van der Waals surface area contributed by atoms with Crippen molar-refractivity contribution in [2.24, 2.45) is 0 Å². The number of ether oxygens (including phenoxy) is 4. The molecule has 2 aromatic rings. The van der Waals surface area contributed by atoms with E-state index in [-0.39, 0.29) is 12.6 Å². The molecule has 2 atom stereocenters. The molecule has 4 rings (SSSR count). The van der Waals surface area contributed by atoms with Gasteiger partial charge in [0.15, 0.2) is 12.6 Å². The van der Waals surface area contributed by atoms with Crippen molar-refractivity contribution in [3.63, 3.8) is 0 Å². The smallest absolute Gasteiger partial charge is 0.199 e. The highest BCUT2D eigenvalue weighted by Crippen LogP contribution is 2.21. The van der Waals surface area contributed by atoms with Crippen LogP contribution in [0.4, 0.5) is 0 Å². The van der Waals surface area contributed by atoms with E-state index in [1.54, 1.807) is 0 Å². The predicted molar refractivity (Wildman–Crippen MR) is 114 cm³/mol. The molecule has 4 nitrogen and oxygen atoms in total. The molecule has 0 spiro atoms. The van der Waals surface area contributed by atoms with Gasteiger partial charge in [-0.15, -0.1) is 0 Å². The summed E-state index contributed by atoms with van der Waals surface area (Å²) in [5.74, 6) is 0.858. The lowest BCUT2D eigenvalue weighted by Gasteiger charge is -2.23. The van der Waals surface area contributed by atoms with E-state index < -0.39 is 0 Å². The largest absolute Gasteiger partial charge is 0.465 e. The molecule has 2 unspecified atom stereocenters. The highest BCUT2D eigenvalue weighted by molar-refractivity contribution is 5.70. The Morgan fingerprint density at radius 1 is 0.793 bits per heavy atom. The Labute approximate surface area is 173 Å². The van der Waals surface area contributed by atoms with Crippen LogP contribution in [-0.4, -0.2) is 25.8 Å². The van der Waals surface area contributed by atoms with E-state index in [2.05, 4.69) is 48.6 Å². The molecule has 154 valence electrons. The summed E-state index contributed by atoms with van der Waals surface area (Å²) >= 11 is 0. The van der Waals surface area contributed by atoms with Crippen molar-refractivity contribution in [2.45, 2.75) is 57.7 Å². The van der Waals surface area contributed by atoms with Crippen LogP contribution in [0.1, 0.15) is 55.2 Å². The van der Waals surface area contributed by atoms with E-state index in [0.717, 1.165) is 55.8 Å². The van der Waals surface area contributed by atoms with E-state index >= 15 is 0 Å². The Kier molecular flexibility index (Phi) is 7.35. The van der Waals surface area contributed by atoms with Gasteiger partial charge in [-0.25, -0.2) is 0 Å². The average molecular weight is 395 g/mol. The van der Waals surface area contributed by atoms with Crippen molar-refractivity contribution in [1.29, 1.82) is 0 Å². The summed E-state index contributed by atoms with van der Waals surface area (Å²) in [5.41, 5.74) is 3.43. The quantitative estimate of drug-likeness (QED) is 0.556. The minimum atomic E-state index is -0.114. The Morgan fingerprint density at radius 3 is 2.24 bits per heavy atom. The summed E-state index contributed by atoms with van der Waals surface area (Å²) in [5, 5.41) is 0. The molecule has 2 aliphatic rings. The topological polar surface area (TPSA) is 36.9 Å². The monoisotopic (exact) mass is 394 g/mol. The number of rotatable bonds is 7. The van der Waals surface area contributed by atoms with Gasteiger partial charge in [-0.2, -0.15) is 0 Å². The van der Waals surface area contributed by atoms with Gasteiger partial charge in [-0.1, -0.05) is 48.6 Å². The zero-order valence-corrected chi connectivity index (χ0v) is 16.9. The summed E-state index contributed by atoms with van der Waals surface area (Å²) in [6.07, 6.45) is 10.6. The zero-order chi connectivity index (χ0) is 19.7. The number of benzene rings is 2. The Morgan fingerprint density at radius 2 is 1.52 bits per heavy atom. The SMILES string of the molecule is C(=C\c1cccc(OC2CCCCO2)c1)/c1ccc(COC2CCCCO2)cc1. The molecule has 2 aliphatic heterocycles. The molecule has 2 fully saturated rings. The summed E-state index contributed by atoms with van der Waals surface area (Å²) in [7, 11) is 0. The Bertz CT molecular complexity index is 772. The maximum Gasteiger partial charge on any atom is 0.199 e. The van der Waals surface area contributed by atoms with Gasteiger partial charge in [0.25, 0.3) is 0 Å². The van der Waals surface area contributed by atoms with Crippen LogP contribution in [-0.2, 0) is 20.8 Å². The normalized spacial score (nSPS) is 22.6. The first-order valence-electron chi connectivity index (χ1n) is 10.7. The molecule has 0 amide bonds. The Balaban J connectivity index is 1.29. The molecule has 2 saturated heterocycles. The van der Waals surface area contributed by atoms with Crippen LogP contribution in [0.3, 0.4) is 0 Å².